The zero-order chi connectivity index (χ0) is 8.59. The maximum atomic E-state index is 10.9. The van der Waals surface area contributed by atoms with Gasteiger partial charge in [0, 0.05) is 48.0 Å². The number of ether oxygens (including phenoxy) is 1. The van der Waals surface area contributed by atoms with E-state index in [4.69, 9.17) is 14.9 Å². The molecule has 13 heavy (non-hydrogen) atoms. The van der Waals surface area contributed by atoms with E-state index in [9.17, 15) is 4.79 Å². The topological polar surface area (TPSA) is 66.8 Å². The normalized spacial score (nSPS) is 32.1. The van der Waals surface area contributed by atoms with Gasteiger partial charge in [0.2, 0.25) is 0 Å². The summed E-state index contributed by atoms with van der Waals surface area (Å²) in [4.78, 5) is 10.9. The van der Waals surface area contributed by atoms with Crippen molar-refractivity contribution in [1.82, 2.24) is 0 Å². The monoisotopic (exact) mass is 528 g/mol. The Kier molecular flexibility index (Phi) is 7.84. The van der Waals surface area contributed by atoms with E-state index in [1.165, 1.54) is 0 Å². The molecular weight excluding hydrogens is 516 g/mol. The summed E-state index contributed by atoms with van der Waals surface area (Å²) in [6.45, 7) is 3.48. The second kappa shape index (κ2) is 6.29. The minimum absolute atomic E-state index is 0. The molecule has 6 heteroatoms. The van der Waals surface area contributed by atoms with Gasteiger partial charge in [0.25, 0.3) is 0 Å². The number of carbonyl (C=O) groups is 1. The summed E-state index contributed by atoms with van der Waals surface area (Å²) in [5.74, 6) is -0.708. The average molecular weight is 528 g/mol. The fourth-order valence-electron chi connectivity index (χ4n) is 1.18. The predicted molar refractivity (Wildman–Crippen MR) is 36.4 cm³/mol. The Hall–Kier alpha value is 0.767. The predicted octanol–water partition coefficient (Wildman–Crippen LogP) is -0.510. The number of aliphatic hydroxyl groups excluding tert-OH is 1. The van der Waals surface area contributed by atoms with Crippen molar-refractivity contribution in [1.29, 1.82) is 0 Å². The molecule has 0 aromatic rings. The van der Waals surface area contributed by atoms with Crippen LogP contribution in [0.5, 0.6) is 0 Å². The van der Waals surface area contributed by atoms with Crippen LogP contribution in [0.15, 0.2) is 0 Å². The maximum absolute atomic E-state index is 10.9. The first-order valence-corrected chi connectivity index (χ1v) is 3.60. The first kappa shape index (κ1) is 16.2. The van der Waals surface area contributed by atoms with Gasteiger partial charge in [-0.3, -0.25) is 4.79 Å². The summed E-state index contributed by atoms with van der Waals surface area (Å²) in [7, 11) is 0. The standard InChI is InChI=1S/C7H12O4.2W/c1-3-4(2)7(10)11-5(3)6(8)9;;/h3-6,8-9H,1-2H3;;/t3?,4?,5-;;/m0../s1. The summed E-state index contributed by atoms with van der Waals surface area (Å²) in [6, 6.07) is 0. The van der Waals surface area contributed by atoms with E-state index in [2.05, 4.69) is 0 Å². The van der Waals surface area contributed by atoms with Gasteiger partial charge in [-0.2, -0.15) is 0 Å². The van der Waals surface area contributed by atoms with Gasteiger partial charge in [-0.15, -0.1) is 0 Å². The quantitative estimate of drug-likeness (QED) is 0.356. The van der Waals surface area contributed by atoms with Gasteiger partial charge in [-0.25, -0.2) is 0 Å². The van der Waals surface area contributed by atoms with Gasteiger partial charge >= 0.3 is 5.97 Å². The number of hydrogen-bond donors (Lipinski definition) is 2. The fourth-order valence-corrected chi connectivity index (χ4v) is 1.18. The molecule has 1 fully saturated rings. The molecule has 0 aliphatic carbocycles. The van der Waals surface area contributed by atoms with Crippen LogP contribution in [0.25, 0.3) is 0 Å². The Morgan fingerprint density at radius 1 is 1.31 bits per heavy atom. The van der Waals surface area contributed by atoms with E-state index in [1.54, 1.807) is 13.8 Å². The molecule has 0 saturated carbocycles. The van der Waals surface area contributed by atoms with Crippen molar-refractivity contribution in [2.24, 2.45) is 11.8 Å². The molecule has 0 aromatic heterocycles. The van der Waals surface area contributed by atoms with Gasteiger partial charge in [0.1, 0.15) is 0 Å². The molecule has 1 aliphatic heterocycles. The van der Waals surface area contributed by atoms with Crippen LogP contribution in [0, 0.1) is 11.8 Å². The van der Waals surface area contributed by atoms with Crippen LogP contribution in [0.3, 0.4) is 0 Å². The van der Waals surface area contributed by atoms with Crippen molar-refractivity contribution in [3.8, 4) is 0 Å². The molecule has 0 aromatic carbocycles. The molecule has 1 heterocycles. The smallest absolute Gasteiger partial charge is 0.309 e. The number of rotatable bonds is 1. The van der Waals surface area contributed by atoms with Gasteiger partial charge in [-0.05, 0) is 0 Å². The Morgan fingerprint density at radius 2 is 1.77 bits per heavy atom. The molecule has 1 aliphatic rings. The van der Waals surface area contributed by atoms with Gasteiger partial charge in [0.05, 0.1) is 5.92 Å². The molecule has 0 amide bonds. The maximum Gasteiger partial charge on any atom is 0.309 e. The van der Waals surface area contributed by atoms with Gasteiger partial charge in [0.15, 0.2) is 12.4 Å². The number of cyclic esters (lactones) is 1. The molecule has 2 unspecified atom stereocenters. The van der Waals surface area contributed by atoms with Crippen LogP contribution in [-0.2, 0) is 51.7 Å². The fraction of sp³-hybridized carbons (Fsp3) is 0.857. The Balaban J connectivity index is 0. The molecule has 2 N–H and O–H groups in total. The summed E-state index contributed by atoms with van der Waals surface area (Å²) < 4.78 is 4.71. The SMILES string of the molecule is CC1C(=O)O[C@H](C(O)O)C1C.[W].[W]. The summed E-state index contributed by atoms with van der Waals surface area (Å²) in [5.41, 5.74) is 0. The van der Waals surface area contributed by atoms with E-state index in [-0.39, 0.29) is 59.9 Å². The Morgan fingerprint density at radius 3 is 1.92 bits per heavy atom. The first-order chi connectivity index (χ1) is 5.04. The van der Waals surface area contributed by atoms with E-state index >= 15 is 0 Å². The number of esters is 1. The van der Waals surface area contributed by atoms with Crippen LogP contribution < -0.4 is 0 Å². The third-order valence-electron chi connectivity index (χ3n) is 2.22. The molecule has 1 rings (SSSR count). The Labute approximate surface area is 106 Å². The zero-order valence-electron chi connectivity index (χ0n) is 7.34. The summed E-state index contributed by atoms with van der Waals surface area (Å²) in [5, 5.41) is 17.5. The zero-order valence-corrected chi connectivity index (χ0v) is 13.2. The van der Waals surface area contributed by atoms with Crippen molar-refractivity contribution >= 4 is 5.97 Å². The average Bonchev–Trinajstić information content (AvgIpc) is 2.17. The minimum atomic E-state index is -1.56. The molecular formula is C7H12O4W2. The number of carbonyl (C=O) groups excluding carboxylic acids is 1. The summed E-state index contributed by atoms with van der Waals surface area (Å²) >= 11 is 0. The molecule has 0 radical (unpaired) electrons. The number of hydrogen-bond acceptors (Lipinski definition) is 4. The van der Waals surface area contributed by atoms with Crippen molar-refractivity contribution in [2.75, 3.05) is 0 Å². The Bertz CT molecular complexity index is 174. The second-order valence-corrected chi connectivity index (χ2v) is 2.96. The molecule has 0 spiro atoms. The third kappa shape index (κ3) is 3.43. The van der Waals surface area contributed by atoms with Crippen LogP contribution in [0.4, 0.5) is 0 Å². The van der Waals surface area contributed by atoms with Crippen LogP contribution in [0.1, 0.15) is 13.8 Å². The minimum Gasteiger partial charge on any atom is -0.456 e. The first-order valence-electron chi connectivity index (χ1n) is 3.60. The van der Waals surface area contributed by atoms with Crippen LogP contribution in [-0.4, -0.2) is 28.6 Å². The van der Waals surface area contributed by atoms with E-state index in [0.29, 0.717) is 0 Å². The molecule has 3 atom stereocenters. The van der Waals surface area contributed by atoms with Crippen LogP contribution >= 0.6 is 0 Å². The van der Waals surface area contributed by atoms with Crippen LogP contribution in [0.2, 0.25) is 0 Å². The molecule has 4 nitrogen and oxygen atoms in total. The number of aliphatic hydroxyl groups is 2. The molecule has 76 valence electrons. The van der Waals surface area contributed by atoms with E-state index in [1.807, 2.05) is 0 Å². The second-order valence-electron chi connectivity index (χ2n) is 2.96. The largest absolute Gasteiger partial charge is 0.456 e. The summed E-state index contributed by atoms with van der Waals surface area (Å²) in [6.07, 6.45) is -2.31. The van der Waals surface area contributed by atoms with E-state index < -0.39 is 12.4 Å². The third-order valence-corrected chi connectivity index (χ3v) is 2.22. The molecule has 0 bridgehead atoms. The van der Waals surface area contributed by atoms with Crippen molar-refractivity contribution in [3.05, 3.63) is 0 Å². The van der Waals surface area contributed by atoms with Gasteiger partial charge < -0.3 is 14.9 Å². The van der Waals surface area contributed by atoms with Gasteiger partial charge in [-0.1, -0.05) is 13.8 Å². The van der Waals surface area contributed by atoms with Crippen molar-refractivity contribution in [2.45, 2.75) is 26.2 Å². The molecule has 1 saturated heterocycles. The van der Waals surface area contributed by atoms with Crippen molar-refractivity contribution in [3.63, 3.8) is 0 Å². The van der Waals surface area contributed by atoms with E-state index in [0.717, 1.165) is 0 Å². The van der Waals surface area contributed by atoms with Crippen molar-refractivity contribution < 1.29 is 61.9 Å².